The number of carboxylic acids is 2. The van der Waals surface area contributed by atoms with E-state index in [1.807, 2.05) is 0 Å². The van der Waals surface area contributed by atoms with Crippen molar-refractivity contribution in [1.29, 1.82) is 0 Å². The summed E-state index contributed by atoms with van der Waals surface area (Å²) in [6, 6.07) is -1.06. The molecule has 0 aromatic carbocycles. The Labute approximate surface area is 74.7 Å². The van der Waals surface area contributed by atoms with Crippen LogP contribution in [0.5, 0.6) is 0 Å². The lowest BCUT2D eigenvalue weighted by Crippen LogP contribution is -2.30. The summed E-state index contributed by atoms with van der Waals surface area (Å²) in [4.78, 5) is 23.1. The molecule has 0 aliphatic rings. The molecule has 78 valence electrons. The lowest BCUT2D eigenvalue weighted by molar-refractivity contribution is -0.214. The smallest absolute Gasteiger partial charge is 0.320 e. The zero-order valence-electron chi connectivity index (χ0n) is 7.14. The summed E-state index contributed by atoms with van der Waals surface area (Å²) in [5.41, 5.74) is 5.00. The molecule has 7 heteroatoms. The molecule has 0 fully saturated rings. The van der Waals surface area contributed by atoms with Crippen LogP contribution in [0.25, 0.3) is 0 Å². The molecule has 13 heavy (non-hydrogen) atoms. The van der Waals surface area contributed by atoms with Crippen molar-refractivity contribution < 1.29 is 29.9 Å². The minimum atomic E-state index is -1.17. The Kier molecular flexibility index (Phi) is 9.84. The molecule has 0 amide bonds. The van der Waals surface area contributed by atoms with Gasteiger partial charge >= 0.3 is 11.9 Å². The summed E-state index contributed by atoms with van der Waals surface area (Å²) in [7, 11) is 1.18. The Hall–Kier alpha value is -1.18. The van der Waals surface area contributed by atoms with Crippen molar-refractivity contribution in [2.24, 2.45) is 5.73 Å². The van der Waals surface area contributed by atoms with E-state index < -0.39 is 18.0 Å². The molecule has 0 bridgehead atoms. The number of nitrogens with two attached hydrogens (primary N) is 1. The van der Waals surface area contributed by atoms with E-state index in [0.29, 0.717) is 0 Å². The highest BCUT2D eigenvalue weighted by molar-refractivity contribution is 5.74. The highest BCUT2D eigenvalue weighted by Crippen LogP contribution is 1.93. The van der Waals surface area contributed by atoms with Crippen LogP contribution >= 0.6 is 0 Å². The van der Waals surface area contributed by atoms with Crippen molar-refractivity contribution in [3.63, 3.8) is 0 Å². The van der Waals surface area contributed by atoms with Gasteiger partial charge in [0.1, 0.15) is 6.04 Å². The maximum atomic E-state index is 9.99. The molecule has 1 atom stereocenters. The first-order chi connectivity index (χ1) is 5.95. The van der Waals surface area contributed by atoms with Crippen molar-refractivity contribution in [2.45, 2.75) is 18.9 Å². The standard InChI is InChI=1S/C5H9NO4.CH4O2/c6-3(5(9)10)1-2-4(7)8;1-3-2/h3H,1-2,6H2,(H,7,8)(H,9,10);2H,1H3. The average Bonchev–Trinajstić information content (AvgIpc) is 2.01. The van der Waals surface area contributed by atoms with E-state index in [0.717, 1.165) is 0 Å². The fourth-order valence-electron chi connectivity index (χ4n) is 0.402. The van der Waals surface area contributed by atoms with Crippen molar-refractivity contribution in [2.75, 3.05) is 7.11 Å². The molecular weight excluding hydrogens is 182 g/mol. The zero-order valence-corrected chi connectivity index (χ0v) is 7.14. The van der Waals surface area contributed by atoms with Crippen molar-refractivity contribution in [1.82, 2.24) is 0 Å². The summed E-state index contributed by atoms with van der Waals surface area (Å²) < 4.78 is 0. The molecule has 1 unspecified atom stereocenters. The van der Waals surface area contributed by atoms with Gasteiger partial charge in [-0.05, 0) is 6.42 Å². The van der Waals surface area contributed by atoms with Crippen molar-refractivity contribution in [3.8, 4) is 0 Å². The van der Waals surface area contributed by atoms with Crippen molar-refractivity contribution >= 4 is 11.9 Å². The van der Waals surface area contributed by atoms with Gasteiger partial charge < -0.3 is 15.9 Å². The number of carbonyl (C=O) groups is 2. The molecule has 0 rings (SSSR count). The van der Waals surface area contributed by atoms with E-state index in [1.54, 1.807) is 0 Å². The molecule has 0 aromatic rings. The highest BCUT2D eigenvalue weighted by Gasteiger charge is 2.12. The Morgan fingerprint density at radius 3 is 2.08 bits per heavy atom. The zero-order chi connectivity index (χ0) is 10.9. The van der Waals surface area contributed by atoms with Gasteiger partial charge in [0.15, 0.2) is 0 Å². The molecule has 0 heterocycles. The Balaban J connectivity index is 0. The van der Waals surface area contributed by atoms with Gasteiger partial charge in [-0.25, -0.2) is 4.89 Å². The van der Waals surface area contributed by atoms with Gasteiger partial charge in [0, 0.05) is 6.42 Å². The Morgan fingerprint density at radius 2 is 1.85 bits per heavy atom. The Bertz CT molecular complexity index is 159. The van der Waals surface area contributed by atoms with Crippen LogP contribution in [0.4, 0.5) is 0 Å². The van der Waals surface area contributed by atoms with Gasteiger partial charge in [-0.3, -0.25) is 14.8 Å². The summed E-state index contributed by atoms with van der Waals surface area (Å²) in [6.45, 7) is 0. The van der Waals surface area contributed by atoms with Crippen LogP contribution in [0.2, 0.25) is 0 Å². The average molecular weight is 195 g/mol. The van der Waals surface area contributed by atoms with Gasteiger partial charge in [0.05, 0.1) is 7.11 Å². The highest BCUT2D eigenvalue weighted by atomic mass is 17.1. The molecule has 0 aliphatic heterocycles. The first-order valence-electron chi connectivity index (χ1n) is 3.33. The van der Waals surface area contributed by atoms with E-state index in [-0.39, 0.29) is 12.8 Å². The molecule has 0 saturated heterocycles. The fourth-order valence-corrected chi connectivity index (χ4v) is 0.402. The molecule has 0 aliphatic carbocycles. The third-order valence-corrected chi connectivity index (χ3v) is 0.986. The molecule has 5 N–H and O–H groups in total. The van der Waals surface area contributed by atoms with Crippen LogP contribution < -0.4 is 5.73 Å². The second kappa shape index (κ2) is 8.91. The van der Waals surface area contributed by atoms with Gasteiger partial charge in [0.2, 0.25) is 0 Å². The van der Waals surface area contributed by atoms with Crippen LogP contribution in [0.3, 0.4) is 0 Å². The quantitative estimate of drug-likeness (QED) is 0.347. The van der Waals surface area contributed by atoms with Crippen LogP contribution in [-0.4, -0.2) is 40.6 Å². The topological polar surface area (TPSA) is 130 Å². The minimum absolute atomic E-state index is 0.0231. The lowest BCUT2D eigenvalue weighted by atomic mass is 10.2. The summed E-state index contributed by atoms with van der Waals surface area (Å²) in [5.74, 6) is -2.20. The molecule has 0 radical (unpaired) electrons. The number of rotatable bonds is 4. The third kappa shape index (κ3) is 13.8. The largest absolute Gasteiger partial charge is 0.481 e. The predicted molar refractivity (Wildman–Crippen MR) is 42.1 cm³/mol. The maximum absolute atomic E-state index is 9.99. The minimum Gasteiger partial charge on any atom is -0.481 e. The second-order valence-electron chi connectivity index (χ2n) is 2.06. The van der Waals surface area contributed by atoms with Gasteiger partial charge in [0.25, 0.3) is 0 Å². The number of aliphatic carboxylic acids is 2. The molecule has 0 aromatic heterocycles. The van der Waals surface area contributed by atoms with Gasteiger partial charge in [-0.1, -0.05) is 0 Å². The maximum Gasteiger partial charge on any atom is 0.320 e. The Morgan fingerprint density at radius 1 is 1.46 bits per heavy atom. The summed E-state index contributed by atoms with van der Waals surface area (Å²) >= 11 is 0. The molecular formula is C6H13NO6. The van der Waals surface area contributed by atoms with E-state index in [1.165, 1.54) is 7.11 Å². The number of hydrogen-bond donors (Lipinski definition) is 4. The monoisotopic (exact) mass is 195 g/mol. The number of hydrogen-bond acceptors (Lipinski definition) is 5. The van der Waals surface area contributed by atoms with Crippen LogP contribution in [0, 0.1) is 0 Å². The molecule has 0 spiro atoms. The molecule has 0 saturated carbocycles. The second-order valence-corrected chi connectivity index (χ2v) is 2.06. The normalized spacial score (nSPS) is 11.0. The summed E-state index contributed by atoms with van der Waals surface area (Å²) in [5, 5.41) is 23.3. The molecule has 7 nitrogen and oxygen atoms in total. The SMILES string of the molecule is COO.NC(CCC(=O)O)C(=O)O. The first-order valence-corrected chi connectivity index (χ1v) is 3.33. The third-order valence-electron chi connectivity index (χ3n) is 0.986. The van der Waals surface area contributed by atoms with Crippen LogP contribution in [0.15, 0.2) is 0 Å². The van der Waals surface area contributed by atoms with E-state index >= 15 is 0 Å². The van der Waals surface area contributed by atoms with E-state index in [4.69, 9.17) is 21.2 Å². The van der Waals surface area contributed by atoms with E-state index in [9.17, 15) is 9.59 Å². The predicted octanol–water partition coefficient (Wildman–Crippen LogP) is -0.631. The van der Waals surface area contributed by atoms with Gasteiger partial charge in [-0.15, -0.1) is 0 Å². The summed E-state index contributed by atoms with van der Waals surface area (Å²) in [6.07, 6.45) is -0.224. The van der Waals surface area contributed by atoms with Crippen LogP contribution in [-0.2, 0) is 14.5 Å². The first kappa shape index (κ1) is 14.3. The number of carboxylic acid groups (broad SMARTS) is 2. The van der Waals surface area contributed by atoms with Crippen LogP contribution in [0.1, 0.15) is 12.8 Å². The lowest BCUT2D eigenvalue weighted by Gasteiger charge is -2.01. The fraction of sp³-hybridized carbons (Fsp3) is 0.667. The van der Waals surface area contributed by atoms with E-state index in [2.05, 4.69) is 4.89 Å². The van der Waals surface area contributed by atoms with Crippen molar-refractivity contribution in [3.05, 3.63) is 0 Å². The van der Waals surface area contributed by atoms with Gasteiger partial charge in [-0.2, -0.15) is 0 Å².